The predicted molar refractivity (Wildman–Crippen MR) is 132 cm³/mol. The molecule has 11 heteroatoms. The van der Waals surface area contributed by atoms with Crippen molar-refractivity contribution >= 4 is 44.9 Å². The maximum Gasteiger partial charge on any atom is 0.243 e. The number of nitrogens with zero attached hydrogens (tertiary/aromatic N) is 3. The number of nitrogens with one attached hydrogen (secondary N) is 2. The van der Waals surface area contributed by atoms with E-state index < -0.39 is 10.0 Å². The van der Waals surface area contributed by atoms with Crippen molar-refractivity contribution in [1.29, 1.82) is 0 Å². The van der Waals surface area contributed by atoms with Crippen molar-refractivity contribution in [2.24, 2.45) is 5.10 Å². The molecule has 2 fully saturated rings. The van der Waals surface area contributed by atoms with Crippen molar-refractivity contribution in [1.82, 2.24) is 9.73 Å². The molecule has 2 aromatic carbocycles. The number of benzene rings is 2. The fourth-order valence-electron chi connectivity index (χ4n) is 3.56. The summed E-state index contributed by atoms with van der Waals surface area (Å²) in [6.07, 6.45) is 1.69. The fraction of sp³-hybridized carbons (Fsp3) is 0.364. The van der Waals surface area contributed by atoms with Gasteiger partial charge in [0.1, 0.15) is 0 Å². The van der Waals surface area contributed by atoms with Crippen molar-refractivity contribution in [2.45, 2.75) is 4.90 Å². The number of hydrogen-bond acceptors (Lipinski definition) is 7. The first-order valence-electron chi connectivity index (χ1n) is 10.7. The number of rotatable bonds is 6. The summed E-state index contributed by atoms with van der Waals surface area (Å²) in [5.41, 5.74) is 5.55. The summed E-state index contributed by atoms with van der Waals surface area (Å²) < 4.78 is 37.4. The van der Waals surface area contributed by atoms with Crippen LogP contribution in [0.25, 0.3) is 0 Å². The fourth-order valence-corrected chi connectivity index (χ4v) is 5.14. The van der Waals surface area contributed by atoms with E-state index in [1.54, 1.807) is 30.5 Å². The normalized spacial score (nSPS) is 17.8. The van der Waals surface area contributed by atoms with Gasteiger partial charge in [0, 0.05) is 37.6 Å². The van der Waals surface area contributed by atoms with Crippen LogP contribution in [0, 0.1) is 0 Å². The lowest BCUT2D eigenvalue weighted by Gasteiger charge is -2.28. The van der Waals surface area contributed by atoms with Gasteiger partial charge in [-0.1, -0.05) is 12.1 Å². The zero-order chi connectivity index (χ0) is 23.1. The third-order valence-corrected chi connectivity index (χ3v) is 7.48. The number of hydrogen-bond donors (Lipinski definition) is 2. The minimum Gasteiger partial charge on any atom is -0.379 e. The van der Waals surface area contributed by atoms with Crippen molar-refractivity contribution in [3.05, 3.63) is 54.1 Å². The van der Waals surface area contributed by atoms with Crippen LogP contribution in [-0.2, 0) is 19.5 Å². The number of anilines is 2. The minimum atomic E-state index is -3.52. The van der Waals surface area contributed by atoms with Crippen LogP contribution in [0.15, 0.2) is 58.5 Å². The van der Waals surface area contributed by atoms with Gasteiger partial charge >= 0.3 is 0 Å². The van der Waals surface area contributed by atoms with E-state index >= 15 is 0 Å². The average Bonchev–Trinajstić information content (AvgIpc) is 2.86. The van der Waals surface area contributed by atoms with Crippen molar-refractivity contribution < 1.29 is 17.9 Å². The molecule has 2 aliphatic rings. The number of sulfonamides is 1. The molecule has 33 heavy (non-hydrogen) atoms. The monoisotopic (exact) mass is 489 g/mol. The van der Waals surface area contributed by atoms with Crippen LogP contribution >= 0.6 is 12.2 Å². The van der Waals surface area contributed by atoms with Gasteiger partial charge in [-0.15, -0.1) is 0 Å². The second-order valence-electron chi connectivity index (χ2n) is 7.56. The first kappa shape index (κ1) is 23.6. The molecule has 0 aliphatic carbocycles. The van der Waals surface area contributed by atoms with Gasteiger partial charge in [-0.25, -0.2) is 8.42 Å². The summed E-state index contributed by atoms with van der Waals surface area (Å²) in [5, 5.41) is 7.47. The Hall–Kier alpha value is -2.57. The zero-order valence-corrected chi connectivity index (χ0v) is 19.8. The van der Waals surface area contributed by atoms with Gasteiger partial charge in [0.05, 0.1) is 37.5 Å². The molecule has 0 spiro atoms. The van der Waals surface area contributed by atoms with Crippen LogP contribution in [0.4, 0.5) is 11.4 Å². The highest BCUT2D eigenvalue weighted by Gasteiger charge is 2.26. The van der Waals surface area contributed by atoms with E-state index in [-0.39, 0.29) is 4.90 Å². The lowest BCUT2D eigenvalue weighted by Crippen LogP contribution is -2.40. The summed E-state index contributed by atoms with van der Waals surface area (Å²) in [5.74, 6) is 0. The maximum atomic E-state index is 12.7. The number of hydrazone groups is 1. The second kappa shape index (κ2) is 11.0. The summed E-state index contributed by atoms with van der Waals surface area (Å²) >= 11 is 5.27. The molecule has 0 aromatic heterocycles. The molecular formula is C22H27N5O4S2. The molecule has 4 rings (SSSR count). The van der Waals surface area contributed by atoms with Crippen LogP contribution in [0.1, 0.15) is 5.56 Å². The molecule has 2 heterocycles. The number of morpholine rings is 2. The molecule has 176 valence electrons. The van der Waals surface area contributed by atoms with Crippen LogP contribution in [0.2, 0.25) is 0 Å². The largest absolute Gasteiger partial charge is 0.379 e. The first-order valence-corrected chi connectivity index (χ1v) is 12.6. The third-order valence-electron chi connectivity index (χ3n) is 5.37. The molecule has 2 saturated heterocycles. The van der Waals surface area contributed by atoms with Crippen molar-refractivity contribution in [3.8, 4) is 0 Å². The Bertz CT molecular complexity index is 1060. The molecule has 2 aliphatic heterocycles. The summed E-state index contributed by atoms with van der Waals surface area (Å²) in [6.45, 7) is 4.86. The van der Waals surface area contributed by atoms with Crippen molar-refractivity contribution in [3.63, 3.8) is 0 Å². The molecular weight excluding hydrogens is 462 g/mol. The maximum absolute atomic E-state index is 12.7. The Morgan fingerprint density at radius 3 is 2.15 bits per heavy atom. The topological polar surface area (TPSA) is 95.5 Å². The average molecular weight is 490 g/mol. The van der Waals surface area contributed by atoms with E-state index in [0.717, 1.165) is 31.9 Å². The van der Waals surface area contributed by atoms with Crippen LogP contribution in [0.3, 0.4) is 0 Å². The second-order valence-corrected chi connectivity index (χ2v) is 9.90. The summed E-state index contributed by atoms with van der Waals surface area (Å²) in [6, 6.07) is 14.6. The Morgan fingerprint density at radius 1 is 0.909 bits per heavy atom. The minimum absolute atomic E-state index is 0.243. The van der Waals surface area contributed by atoms with Crippen LogP contribution in [-0.4, -0.2) is 76.7 Å². The molecule has 0 bridgehead atoms. The molecule has 0 radical (unpaired) electrons. The smallest absolute Gasteiger partial charge is 0.243 e. The van der Waals surface area contributed by atoms with Gasteiger partial charge in [0.2, 0.25) is 10.0 Å². The molecule has 0 amide bonds. The van der Waals surface area contributed by atoms with E-state index in [2.05, 4.69) is 32.9 Å². The standard InChI is InChI=1S/C22H27N5O4S2/c28-33(29,27-11-15-31-16-12-27)21-7-3-19(4-8-21)24-22(32)25-23-17-18-1-5-20(6-2-18)26-9-13-30-14-10-26/h1-8,17H,9-16H2,(H2,24,25,32). The lowest BCUT2D eigenvalue weighted by molar-refractivity contribution is 0.0730. The molecule has 0 unspecified atom stereocenters. The van der Waals surface area contributed by atoms with E-state index in [4.69, 9.17) is 21.7 Å². The Balaban J connectivity index is 1.27. The highest BCUT2D eigenvalue weighted by Crippen LogP contribution is 2.19. The number of thiocarbonyl (C=S) groups is 1. The molecule has 2 N–H and O–H groups in total. The van der Waals surface area contributed by atoms with Crippen LogP contribution < -0.4 is 15.6 Å². The molecule has 9 nitrogen and oxygen atoms in total. The first-order chi connectivity index (χ1) is 16.0. The highest BCUT2D eigenvalue weighted by molar-refractivity contribution is 7.89. The Labute approximate surface area is 199 Å². The molecule has 0 atom stereocenters. The SMILES string of the molecule is O=S(=O)(c1ccc(NC(=S)NN=Cc2ccc(N3CCOCC3)cc2)cc1)N1CCOCC1. The Morgan fingerprint density at radius 2 is 1.52 bits per heavy atom. The number of ether oxygens (including phenoxy) is 2. The predicted octanol–water partition coefficient (Wildman–Crippen LogP) is 1.86. The van der Waals surface area contributed by atoms with E-state index in [9.17, 15) is 8.42 Å². The van der Waals surface area contributed by atoms with E-state index in [0.29, 0.717) is 37.1 Å². The van der Waals surface area contributed by atoms with Gasteiger partial charge < -0.3 is 19.7 Å². The zero-order valence-electron chi connectivity index (χ0n) is 18.1. The quantitative estimate of drug-likeness (QED) is 0.361. The van der Waals surface area contributed by atoms with Gasteiger partial charge in [-0.3, -0.25) is 5.43 Å². The molecule has 2 aromatic rings. The molecule has 0 saturated carbocycles. The Kier molecular flexibility index (Phi) is 7.89. The van der Waals surface area contributed by atoms with Gasteiger partial charge in [0.25, 0.3) is 0 Å². The van der Waals surface area contributed by atoms with E-state index in [1.807, 2.05) is 12.1 Å². The van der Waals surface area contributed by atoms with Gasteiger partial charge in [-0.05, 0) is 54.2 Å². The van der Waals surface area contributed by atoms with E-state index in [1.165, 1.54) is 9.99 Å². The van der Waals surface area contributed by atoms with Crippen LogP contribution in [0.5, 0.6) is 0 Å². The highest BCUT2D eigenvalue weighted by atomic mass is 32.2. The third kappa shape index (κ3) is 6.27. The van der Waals surface area contributed by atoms with Gasteiger partial charge in [-0.2, -0.15) is 9.41 Å². The lowest BCUT2D eigenvalue weighted by atomic mass is 10.2. The van der Waals surface area contributed by atoms with Crippen molar-refractivity contribution in [2.75, 3.05) is 62.8 Å². The van der Waals surface area contributed by atoms with Gasteiger partial charge in [0.15, 0.2) is 5.11 Å². The summed E-state index contributed by atoms with van der Waals surface area (Å²) in [7, 11) is -3.52. The summed E-state index contributed by atoms with van der Waals surface area (Å²) in [4.78, 5) is 2.53.